The van der Waals surface area contributed by atoms with Gasteiger partial charge in [-0.3, -0.25) is 4.79 Å². The lowest BCUT2D eigenvalue weighted by atomic mass is 10.2. The number of amides is 1. The van der Waals surface area contributed by atoms with Gasteiger partial charge < -0.3 is 14.8 Å². The van der Waals surface area contributed by atoms with Crippen molar-refractivity contribution in [3.05, 3.63) is 29.3 Å². The molecule has 0 aliphatic rings. The fourth-order valence-electron chi connectivity index (χ4n) is 1.43. The van der Waals surface area contributed by atoms with Gasteiger partial charge in [0.05, 0.1) is 0 Å². The van der Waals surface area contributed by atoms with Crippen molar-refractivity contribution < 1.29 is 19.1 Å². The second kappa shape index (κ2) is 8.52. The van der Waals surface area contributed by atoms with Crippen molar-refractivity contribution in [3.63, 3.8) is 0 Å². The molecule has 1 atom stereocenters. The van der Waals surface area contributed by atoms with E-state index >= 15 is 0 Å². The van der Waals surface area contributed by atoms with Gasteiger partial charge in [0.25, 0.3) is 5.91 Å². The average Bonchev–Trinajstić information content (AvgIpc) is 2.42. The highest BCUT2D eigenvalue weighted by atomic mass is 35.5. The minimum atomic E-state index is -0.848. The number of rotatable bonds is 7. The van der Waals surface area contributed by atoms with Gasteiger partial charge in [0.15, 0.2) is 12.7 Å². The summed E-state index contributed by atoms with van der Waals surface area (Å²) < 4.78 is 10.2. The number of benzene rings is 1. The smallest absolute Gasteiger partial charge is 0.344 e. The van der Waals surface area contributed by atoms with Crippen LogP contribution in [-0.2, 0) is 14.3 Å². The predicted octanol–water partition coefficient (Wildman–Crippen LogP) is 2.42. The van der Waals surface area contributed by atoms with Crippen molar-refractivity contribution in [2.75, 3.05) is 13.2 Å². The molecule has 1 aromatic carbocycles. The summed E-state index contributed by atoms with van der Waals surface area (Å²) in [6.45, 7) is 5.75. The summed E-state index contributed by atoms with van der Waals surface area (Å²) in [5, 5.41) is 3.21. The fourth-order valence-corrected chi connectivity index (χ4v) is 1.61. The van der Waals surface area contributed by atoms with Crippen molar-refractivity contribution >= 4 is 23.5 Å². The number of halogens is 1. The molecular formula is C15H20ClNO4. The summed E-state index contributed by atoms with van der Waals surface area (Å²) in [4.78, 5) is 23.2. The van der Waals surface area contributed by atoms with Crippen molar-refractivity contribution in [1.29, 1.82) is 0 Å². The van der Waals surface area contributed by atoms with E-state index in [-0.39, 0.29) is 12.5 Å². The standard InChI is InChI=1S/C15H20ClNO4/c1-10(2)8-17-15(19)11(3)21-14(18)9-20-13-6-4-5-12(16)7-13/h4-7,10-11H,8-9H2,1-3H3,(H,17,19). The van der Waals surface area contributed by atoms with Crippen LogP contribution in [0.4, 0.5) is 0 Å². The predicted molar refractivity (Wildman–Crippen MR) is 80.3 cm³/mol. The lowest BCUT2D eigenvalue weighted by molar-refractivity contribution is -0.156. The highest BCUT2D eigenvalue weighted by Crippen LogP contribution is 2.16. The van der Waals surface area contributed by atoms with E-state index in [1.807, 2.05) is 13.8 Å². The van der Waals surface area contributed by atoms with Gasteiger partial charge in [-0.05, 0) is 31.0 Å². The minimum absolute atomic E-state index is 0.276. The number of hydrogen-bond acceptors (Lipinski definition) is 4. The summed E-state index contributed by atoms with van der Waals surface area (Å²) >= 11 is 5.80. The molecule has 21 heavy (non-hydrogen) atoms. The van der Waals surface area contributed by atoms with Gasteiger partial charge in [-0.25, -0.2) is 4.79 Å². The summed E-state index contributed by atoms with van der Waals surface area (Å²) in [5.74, 6) is -0.124. The first-order valence-electron chi connectivity index (χ1n) is 6.74. The average molecular weight is 314 g/mol. The Kier molecular flexibility index (Phi) is 7.02. The Labute approximate surface area is 129 Å². The Hall–Kier alpha value is -1.75. The molecule has 0 radical (unpaired) electrons. The Morgan fingerprint density at radius 2 is 2.00 bits per heavy atom. The molecule has 0 bridgehead atoms. The van der Waals surface area contributed by atoms with Crippen LogP contribution < -0.4 is 10.1 Å². The lowest BCUT2D eigenvalue weighted by Gasteiger charge is -2.14. The second-order valence-corrected chi connectivity index (χ2v) is 5.45. The topological polar surface area (TPSA) is 64.6 Å². The summed E-state index contributed by atoms with van der Waals surface area (Å²) in [7, 11) is 0. The Balaban J connectivity index is 2.34. The first kappa shape index (κ1) is 17.3. The van der Waals surface area contributed by atoms with E-state index in [0.29, 0.717) is 23.2 Å². The largest absolute Gasteiger partial charge is 0.482 e. The fraction of sp³-hybridized carbons (Fsp3) is 0.467. The van der Waals surface area contributed by atoms with Gasteiger partial charge in [0.1, 0.15) is 5.75 Å². The molecule has 0 aromatic heterocycles. The van der Waals surface area contributed by atoms with Crippen LogP contribution in [0, 0.1) is 5.92 Å². The first-order valence-corrected chi connectivity index (χ1v) is 7.12. The molecule has 0 fully saturated rings. The Morgan fingerprint density at radius 1 is 1.29 bits per heavy atom. The van der Waals surface area contributed by atoms with Crippen molar-refractivity contribution in [3.8, 4) is 5.75 Å². The zero-order chi connectivity index (χ0) is 15.8. The summed E-state index contributed by atoms with van der Waals surface area (Å²) in [5.41, 5.74) is 0. The molecular weight excluding hydrogens is 294 g/mol. The molecule has 1 N–H and O–H groups in total. The van der Waals surface area contributed by atoms with Gasteiger partial charge in [0, 0.05) is 11.6 Å². The van der Waals surface area contributed by atoms with Crippen LogP contribution in [-0.4, -0.2) is 31.1 Å². The van der Waals surface area contributed by atoms with E-state index in [1.54, 1.807) is 24.3 Å². The van der Waals surface area contributed by atoms with E-state index in [2.05, 4.69) is 5.32 Å². The van der Waals surface area contributed by atoms with Crippen LogP contribution in [0.1, 0.15) is 20.8 Å². The second-order valence-electron chi connectivity index (χ2n) is 5.02. The van der Waals surface area contributed by atoms with E-state index in [9.17, 15) is 9.59 Å². The molecule has 5 nitrogen and oxygen atoms in total. The number of carbonyl (C=O) groups is 2. The van der Waals surface area contributed by atoms with Crippen molar-refractivity contribution in [2.24, 2.45) is 5.92 Å². The van der Waals surface area contributed by atoms with Gasteiger partial charge in [-0.15, -0.1) is 0 Å². The van der Waals surface area contributed by atoms with Crippen LogP contribution in [0.2, 0.25) is 5.02 Å². The van der Waals surface area contributed by atoms with Crippen LogP contribution in [0.25, 0.3) is 0 Å². The third-order valence-corrected chi connectivity index (χ3v) is 2.75. The normalized spacial score (nSPS) is 11.9. The molecule has 0 heterocycles. The highest BCUT2D eigenvalue weighted by molar-refractivity contribution is 6.30. The van der Waals surface area contributed by atoms with Gasteiger partial charge in [-0.1, -0.05) is 31.5 Å². The molecule has 0 saturated carbocycles. The molecule has 0 spiro atoms. The molecule has 0 saturated heterocycles. The summed E-state index contributed by atoms with van der Waals surface area (Å²) in [6, 6.07) is 6.68. The van der Waals surface area contributed by atoms with Crippen LogP contribution >= 0.6 is 11.6 Å². The third kappa shape index (κ3) is 6.99. The van der Waals surface area contributed by atoms with Crippen molar-refractivity contribution in [1.82, 2.24) is 5.32 Å². The maximum absolute atomic E-state index is 11.7. The van der Waals surface area contributed by atoms with E-state index in [0.717, 1.165) is 0 Å². The molecule has 1 unspecified atom stereocenters. The monoisotopic (exact) mass is 313 g/mol. The molecule has 1 aromatic rings. The molecule has 1 amide bonds. The first-order chi connectivity index (χ1) is 9.88. The maximum Gasteiger partial charge on any atom is 0.344 e. The van der Waals surface area contributed by atoms with E-state index in [4.69, 9.17) is 21.1 Å². The number of ether oxygens (including phenoxy) is 2. The van der Waals surface area contributed by atoms with E-state index in [1.165, 1.54) is 6.92 Å². The zero-order valence-electron chi connectivity index (χ0n) is 12.4. The van der Waals surface area contributed by atoms with Crippen LogP contribution in [0.15, 0.2) is 24.3 Å². The maximum atomic E-state index is 11.7. The zero-order valence-corrected chi connectivity index (χ0v) is 13.1. The lowest BCUT2D eigenvalue weighted by Crippen LogP contribution is -2.38. The summed E-state index contributed by atoms with van der Waals surface area (Å²) in [6.07, 6.45) is -0.848. The van der Waals surface area contributed by atoms with E-state index < -0.39 is 12.1 Å². The number of hydrogen-bond donors (Lipinski definition) is 1. The quantitative estimate of drug-likeness (QED) is 0.785. The van der Waals surface area contributed by atoms with Gasteiger partial charge in [0.2, 0.25) is 0 Å². The van der Waals surface area contributed by atoms with Crippen molar-refractivity contribution in [2.45, 2.75) is 26.9 Å². The number of esters is 1. The van der Waals surface area contributed by atoms with Gasteiger partial charge >= 0.3 is 5.97 Å². The van der Waals surface area contributed by atoms with Gasteiger partial charge in [-0.2, -0.15) is 0 Å². The van der Waals surface area contributed by atoms with Crippen LogP contribution in [0.5, 0.6) is 5.75 Å². The molecule has 0 aliphatic heterocycles. The molecule has 6 heteroatoms. The molecule has 0 aliphatic carbocycles. The third-order valence-electron chi connectivity index (χ3n) is 2.51. The highest BCUT2D eigenvalue weighted by Gasteiger charge is 2.18. The minimum Gasteiger partial charge on any atom is -0.482 e. The number of carbonyl (C=O) groups excluding carboxylic acids is 2. The molecule has 1 rings (SSSR count). The number of nitrogens with one attached hydrogen (secondary N) is 1. The van der Waals surface area contributed by atoms with Crippen LogP contribution in [0.3, 0.4) is 0 Å². The SMILES string of the molecule is CC(C)CNC(=O)C(C)OC(=O)COc1cccc(Cl)c1. The Bertz CT molecular complexity index is 490. The Morgan fingerprint density at radius 3 is 2.62 bits per heavy atom. The molecule has 116 valence electrons.